The third-order valence-electron chi connectivity index (χ3n) is 4.45. The number of aromatic nitrogens is 1. The maximum atomic E-state index is 4.53. The molecule has 1 saturated carbocycles. The summed E-state index contributed by atoms with van der Waals surface area (Å²) in [5.74, 6) is 0. The molecule has 0 spiro atoms. The van der Waals surface area contributed by atoms with Gasteiger partial charge in [-0.25, -0.2) is 0 Å². The van der Waals surface area contributed by atoms with E-state index in [0.717, 1.165) is 24.8 Å². The minimum absolute atomic E-state index is 0.586. The van der Waals surface area contributed by atoms with Gasteiger partial charge >= 0.3 is 0 Å². The Balaban J connectivity index is 1.41. The molecule has 1 aromatic heterocycles. The Morgan fingerprint density at radius 1 is 1.43 bits per heavy atom. The fourth-order valence-corrected chi connectivity index (χ4v) is 2.92. The van der Waals surface area contributed by atoms with Crippen molar-refractivity contribution in [3.8, 4) is 0 Å². The van der Waals surface area contributed by atoms with Crippen molar-refractivity contribution in [2.24, 2.45) is 4.99 Å². The van der Waals surface area contributed by atoms with Crippen molar-refractivity contribution >= 4 is 6.21 Å². The first-order chi connectivity index (χ1) is 10.3. The second-order valence-corrected chi connectivity index (χ2v) is 6.33. The van der Waals surface area contributed by atoms with Crippen molar-refractivity contribution in [2.45, 2.75) is 50.7 Å². The third kappa shape index (κ3) is 4.61. The largest absolute Gasteiger partial charge is 0.311 e. The highest BCUT2D eigenvalue weighted by Crippen LogP contribution is 2.23. The lowest BCUT2D eigenvalue weighted by atomic mass is 10.1. The van der Waals surface area contributed by atoms with E-state index in [0.29, 0.717) is 6.04 Å². The molecule has 4 nitrogen and oxygen atoms in total. The molecule has 1 unspecified atom stereocenters. The molecule has 0 bridgehead atoms. The number of nitrogens with zero attached hydrogens (tertiary/aromatic N) is 3. The summed E-state index contributed by atoms with van der Waals surface area (Å²) in [4.78, 5) is 11.4. The van der Waals surface area contributed by atoms with Crippen LogP contribution in [-0.4, -0.2) is 48.3 Å². The van der Waals surface area contributed by atoms with Crippen LogP contribution in [0.2, 0.25) is 0 Å². The number of rotatable bonds is 7. The molecule has 1 aliphatic carbocycles. The predicted molar refractivity (Wildman–Crippen MR) is 86.8 cm³/mol. The minimum Gasteiger partial charge on any atom is -0.311 e. The van der Waals surface area contributed by atoms with Crippen LogP contribution in [-0.2, 0) is 6.54 Å². The van der Waals surface area contributed by atoms with E-state index in [4.69, 9.17) is 0 Å². The fourth-order valence-electron chi connectivity index (χ4n) is 2.92. The second-order valence-electron chi connectivity index (χ2n) is 6.33. The summed E-state index contributed by atoms with van der Waals surface area (Å²) in [6, 6.07) is 5.52. The lowest BCUT2D eigenvalue weighted by molar-refractivity contribution is 0.293. The maximum Gasteiger partial charge on any atom is 0.0548 e. The summed E-state index contributed by atoms with van der Waals surface area (Å²) < 4.78 is 0. The van der Waals surface area contributed by atoms with Crippen molar-refractivity contribution in [1.29, 1.82) is 0 Å². The van der Waals surface area contributed by atoms with Crippen LogP contribution in [0.5, 0.6) is 0 Å². The monoisotopic (exact) mass is 286 g/mol. The van der Waals surface area contributed by atoms with Crippen LogP contribution in [0.1, 0.15) is 43.4 Å². The molecule has 1 atom stereocenters. The van der Waals surface area contributed by atoms with Crippen molar-refractivity contribution < 1.29 is 0 Å². The number of hydrogen-bond donors (Lipinski definition) is 1. The van der Waals surface area contributed by atoms with Gasteiger partial charge in [0, 0.05) is 25.0 Å². The Hall–Kier alpha value is -1.26. The molecule has 1 N–H and O–H groups in total. The molecular weight excluding hydrogens is 260 g/mol. The van der Waals surface area contributed by atoms with Gasteiger partial charge in [-0.2, -0.15) is 0 Å². The van der Waals surface area contributed by atoms with Gasteiger partial charge in [0.1, 0.15) is 0 Å². The molecule has 2 heterocycles. The summed E-state index contributed by atoms with van der Waals surface area (Å²) in [6.07, 6.45) is 10.3. The highest BCUT2D eigenvalue weighted by molar-refractivity contribution is 5.79. The molecule has 2 fully saturated rings. The van der Waals surface area contributed by atoms with Gasteiger partial charge in [0.2, 0.25) is 0 Å². The first-order valence-corrected chi connectivity index (χ1v) is 8.20. The van der Waals surface area contributed by atoms with Gasteiger partial charge in [0.05, 0.1) is 11.7 Å². The topological polar surface area (TPSA) is 40.5 Å². The Kier molecular flexibility index (Phi) is 4.99. The van der Waals surface area contributed by atoms with Gasteiger partial charge < -0.3 is 10.2 Å². The lowest BCUT2D eigenvalue weighted by Crippen LogP contribution is -2.29. The average molecular weight is 286 g/mol. The van der Waals surface area contributed by atoms with Crippen LogP contribution >= 0.6 is 0 Å². The van der Waals surface area contributed by atoms with E-state index in [1.165, 1.54) is 44.2 Å². The zero-order valence-electron chi connectivity index (χ0n) is 13.0. The van der Waals surface area contributed by atoms with Crippen LogP contribution < -0.4 is 5.32 Å². The molecule has 0 radical (unpaired) electrons. The average Bonchev–Trinajstić information content (AvgIpc) is 3.24. The van der Waals surface area contributed by atoms with E-state index in [-0.39, 0.29) is 0 Å². The van der Waals surface area contributed by atoms with Gasteiger partial charge in [-0.3, -0.25) is 9.98 Å². The first kappa shape index (κ1) is 14.7. The zero-order valence-corrected chi connectivity index (χ0v) is 13.0. The van der Waals surface area contributed by atoms with E-state index in [9.17, 15) is 0 Å². The van der Waals surface area contributed by atoms with Gasteiger partial charge in [0.25, 0.3) is 0 Å². The molecule has 1 aromatic rings. The highest BCUT2D eigenvalue weighted by Gasteiger charge is 2.20. The maximum absolute atomic E-state index is 4.53. The number of aliphatic imine (C=N–C) groups is 1. The van der Waals surface area contributed by atoms with Crippen LogP contribution in [0.15, 0.2) is 23.3 Å². The van der Waals surface area contributed by atoms with E-state index in [1.807, 2.05) is 18.5 Å². The van der Waals surface area contributed by atoms with E-state index < -0.39 is 0 Å². The molecule has 2 aliphatic rings. The zero-order chi connectivity index (χ0) is 14.5. The van der Waals surface area contributed by atoms with Crippen LogP contribution in [0, 0.1) is 0 Å². The molecule has 4 heteroatoms. The van der Waals surface area contributed by atoms with Crippen LogP contribution in [0.3, 0.4) is 0 Å². The minimum atomic E-state index is 0.586. The molecule has 1 saturated heterocycles. The van der Waals surface area contributed by atoms with Gasteiger partial charge in [-0.05, 0) is 69.9 Å². The van der Waals surface area contributed by atoms with Gasteiger partial charge in [-0.15, -0.1) is 0 Å². The summed E-state index contributed by atoms with van der Waals surface area (Å²) in [5.41, 5.74) is 2.28. The summed E-state index contributed by atoms with van der Waals surface area (Å²) in [5, 5.41) is 3.52. The summed E-state index contributed by atoms with van der Waals surface area (Å²) in [6.45, 7) is 3.17. The SMILES string of the molecule is CN1CCCC1CCNCc1cc(/C=N\C2CC2)ccn1. The number of pyridine rings is 1. The van der Waals surface area contributed by atoms with Gasteiger partial charge in [0.15, 0.2) is 0 Å². The van der Waals surface area contributed by atoms with Crippen molar-refractivity contribution in [1.82, 2.24) is 15.2 Å². The van der Waals surface area contributed by atoms with E-state index >= 15 is 0 Å². The number of likely N-dealkylation sites (tertiary alicyclic amines) is 1. The number of nitrogens with one attached hydrogen (secondary N) is 1. The molecule has 0 aromatic carbocycles. The molecule has 21 heavy (non-hydrogen) atoms. The van der Waals surface area contributed by atoms with Crippen LogP contribution in [0.25, 0.3) is 0 Å². The fraction of sp³-hybridized carbons (Fsp3) is 0.647. The van der Waals surface area contributed by atoms with E-state index in [1.54, 1.807) is 0 Å². The predicted octanol–water partition coefficient (Wildman–Crippen LogP) is 2.24. The van der Waals surface area contributed by atoms with Crippen LogP contribution in [0.4, 0.5) is 0 Å². The second kappa shape index (κ2) is 7.14. The Morgan fingerprint density at radius 3 is 3.10 bits per heavy atom. The molecule has 114 valence electrons. The molecule has 0 amide bonds. The number of hydrogen-bond acceptors (Lipinski definition) is 4. The van der Waals surface area contributed by atoms with Crippen molar-refractivity contribution in [3.05, 3.63) is 29.6 Å². The standard InChI is InChI=1S/C17H26N4/c1-21-10-2-3-17(21)7-8-18-13-16-11-14(6-9-19-16)12-20-15-4-5-15/h6,9,11-12,15,17-18H,2-5,7-8,10,13H2,1H3/b20-12-. The smallest absolute Gasteiger partial charge is 0.0548 e. The quantitative estimate of drug-likeness (QED) is 0.617. The molecule has 3 rings (SSSR count). The van der Waals surface area contributed by atoms with Gasteiger partial charge in [-0.1, -0.05) is 0 Å². The van der Waals surface area contributed by atoms with Crippen molar-refractivity contribution in [3.63, 3.8) is 0 Å². The Morgan fingerprint density at radius 2 is 2.33 bits per heavy atom. The molecular formula is C17H26N4. The first-order valence-electron chi connectivity index (χ1n) is 8.20. The van der Waals surface area contributed by atoms with E-state index in [2.05, 4.69) is 33.3 Å². The normalized spacial score (nSPS) is 23.2. The van der Waals surface area contributed by atoms with Crippen molar-refractivity contribution in [2.75, 3.05) is 20.1 Å². The molecule has 1 aliphatic heterocycles. The summed E-state index contributed by atoms with van der Waals surface area (Å²) >= 11 is 0. The third-order valence-corrected chi connectivity index (χ3v) is 4.45. The highest BCUT2D eigenvalue weighted by atomic mass is 15.1. The Bertz CT molecular complexity index is 481. The Labute approximate surface area is 127 Å². The summed E-state index contributed by atoms with van der Waals surface area (Å²) in [7, 11) is 2.24. The lowest BCUT2D eigenvalue weighted by Gasteiger charge is -2.19.